The van der Waals surface area contributed by atoms with E-state index in [9.17, 15) is 9.18 Å². The molecule has 1 unspecified atom stereocenters. The molecule has 0 N–H and O–H groups in total. The second-order valence-corrected chi connectivity index (χ2v) is 8.22. The molecule has 0 spiro atoms. The van der Waals surface area contributed by atoms with Gasteiger partial charge in [0.1, 0.15) is 5.82 Å². The first-order valence-electron chi connectivity index (χ1n) is 9.53. The normalized spacial score (nSPS) is 17.2. The molecule has 1 saturated heterocycles. The van der Waals surface area contributed by atoms with Crippen LogP contribution in [0.25, 0.3) is 11.1 Å². The van der Waals surface area contributed by atoms with Crippen molar-refractivity contribution in [3.63, 3.8) is 0 Å². The Labute approximate surface area is 169 Å². The molecule has 4 heteroatoms. The summed E-state index contributed by atoms with van der Waals surface area (Å²) in [6, 6.07) is 24.9. The zero-order valence-electron chi connectivity index (χ0n) is 15.6. The van der Waals surface area contributed by atoms with Crippen LogP contribution in [-0.4, -0.2) is 29.6 Å². The van der Waals surface area contributed by atoms with Crippen LogP contribution in [0.15, 0.2) is 78.9 Å². The van der Waals surface area contributed by atoms with Gasteiger partial charge >= 0.3 is 0 Å². The van der Waals surface area contributed by atoms with Crippen molar-refractivity contribution in [1.29, 1.82) is 0 Å². The minimum Gasteiger partial charge on any atom is -0.338 e. The average Bonchev–Trinajstić information content (AvgIpc) is 3.00. The fourth-order valence-corrected chi connectivity index (χ4v) is 4.83. The average molecular weight is 392 g/mol. The molecular weight excluding hydrogens is 369 g/mol. The highest BCUT2D eigenvalue weighted by molar-refractivity contribution is 7.99. The number of hydrogen-bond acceptors (Lipinski definition) is 2. The van der Waals surface area contributed by atoms with E-state index in [2.05, 4.69) is 12.1 Å². The summed E-state index contributed by atoms with van der Waals surface area (Å²) < 4.78 is 14.1. The first-order valence-corrected chi connectivity index (χ1v) is 10.6. The molecule has 142 valence electrons. The molecule has 2 nitrogen and oxygen atoms in total. The van der Waals surface area contributed by atoms with E-state index in [0.717, 1.165) is 28.9 Å². The second-order valence-electron chi connectivity index (χ2n) is 6.91. The van der Waals surface area contributed by atoms with Gasteiger partial charge in [-0.3, -0.25) is 4.79 Å². The number of carbonyl (C=O) groups excluding carboxylic acids is 1. The van der Waals surface area contributed by atoms with Crippen LogP contribution < -0.4 is 0 Å². The maximum absolute atomic E-state index is 14.1. The molecule has 28 heavy (non-hydrogen) atoms. The van der Waals surface area contributed by atoms with Crippen LogP contribution in [0, 0.1) is 5.82 Å². The van der Waals surface area contributed by atoms with Crippen LogP contribution in [0.4, 0.5) is 4.39 Å². The summed E-state index contributed by atoms with van der Waals surface area (Å²) in [7, 11) is 0. The van der Waals surface area contributed by atoms with E-state index in [-0.39, 0.29) is 17.0 Å². The van der Waals surface area contributed by atoms with Gasteiger partial charge in [-0.15, -0.1) is 0 Å². The molecule has 1 fully saturated rings. The standard InChI is InChI=1S/C24H22FNOS/c25-22-9-5-4-8-21(22)23-14-15-26(16-17-28-23)24(27)20-12-10-19(11-13-20)18-6-2-1-3-7-18/h1-13,23H,14-17H2. The van der Waals surface area contributed by atoms with Crippen molar-refractivity contribution < 1.29 is 9.18 Å². The van der Waals surface area contributed by atoms with Gasteiger partial charge in [-0.2, -0.15) is 11.8 Å². The highest BCUT2D eigenvalue weighted by atomic mass is 32.2. The van der Waals surface area contributed by atoms with E-state index < -0.39 is 0 Å². The van der Waals surface area contributed by atoms with E-state index in [1.807, 2.05) is 59.5 Å². The number of rotatable bonds is 3. The fraction of sp³-hybridized carbons (Fsp3) is 0.208. The highest BCUT2D eigenvalue weighted by Gasteiger charge is 2.24. The number of hydrogen-bond donors (Lipinski definition) is 0. The Bertz CT molecular complexity index is 942. The van der Waals surface area contributed by atoms with Crippen LogP contribution in [0.2, 0.25) is 0 Å². The summed E-state index contributed by atoms with van der Waals surface area (Å²) >= 11 is 1.73. The maximum Gasteiger partial charge on any atom is 0.253 e. The minimum atomic E-state index is -0.156. The zero-order chi connectivity index (χ0) is 19.3. The molecule has 4 rings (SSSR count). The summed E-state index contributed by atoms with van der Waals surface area (Å²) in [5.41, 5.74) is 3.69. The molecule has 0 bridgehead atoms. The van der Waals surface area contributed by atoms with E-state index in [0.29, 0.717) is 18.7 Å². The number of amides is 1. The van der Waals surface area contributed by atoms with Crippen molar-refractivity contribution in [1.82, 2.24) is 4.90 Å². The Morgan fingerprint density at radius 3 is 2.29 bits per heavy atom. The molecule has 0 radical (unpaired) electrons. The first-order chi connectivity index (χ1) is 13.7. The molecule has 1 heterocycles. The third-order valence-electron chi connectivity index (χ3n) is 5.12. The predicted molar refractivity (Wildman–Crippen MR) is 114 cm³/mol. The van der Waals surface area contributed by atoms with E-state index >= 15 is 0 Å². The van der Waals surface area contributed by atoms with Crippen molar-refractivity contribution in [3.8, 4) is 11.1 Å². The van der Waals surface area contributed by atoms with Crippen molar-refractivity contribution in [2.24, 2.45) is 0 Å². The number of halogens is 1. The maximum atomic E-state index is 14.1. The molecule has 1 amide bonds. The molecule has 1 atom stereocenters. The Balaban J connectivity index is 1.44. The Morgan fingerprint density at radius 2 is 1.54 bits per heavy atom. The van der Waals surface area contributed by atoms with Crippen molar-refractivity contribution in [2.75, 3.05) is 18.8 Å². The Kier molecular flexibility index (Phi) is 5.77. The van der Waals surface area contributed by atoms with E-state index in [1.54, 1.807) is 17.8 Å². The van der Waals surface area contributed by atoms with Crippen LogP contribution in [0.1, 0.15) is 27.6 Å². The van der Waals surface area contributed by atoms with Gasteiger partial charge in [0, 0.05) is 35.2 Å². The van der Waals surface area contributed by atoms with Gasteiger partial charge < -0.3 is 4.90 Å². The zero-order valence-corrected chi connectivity index (χ0v) is 16.4. The van der Waals surface area contributed by atoms with Crippen LogP contribution in [0.5, 0.6) is 0 Å². The third kappa shape index (κ3) is 4.12. The monoisotopic (exact) mass is 391 g/mol. The third-order valence-corrected chi connectivity index (χ3v) is 6.43. The largest absolute Gasteiger partial charge is 0.338 e. The van der Waals surface area contributed by atoms with Gasteiger partial charge in [-0.1, -0.05) is 60.7 Å². The van der Waals surface area contributed by atoms with Gasteiger partial charge in [-0.25, -0.2) is 4.39 Å². The lowest BCUT2D eigenvalue weighted by molar-refractivity contribution is 0.0766. The Hall–Kier alpha value is -2.59. The molecule has 1 aliphatic heterocycles. The number of nitrogens with zero attached hydrogens (tertiary/aromatic N) is 1. The highest BCUT2D eigenvalue weighted by Crippen LogP contribution is 2.35. The predicted octanol–water partition coefficient (Wildman–Crippen LogP) is 5.81. The summed E-state index contributed by atoms with van der Waals surface area (Å²) in [5, 5.41) is 0.0967. The number of carbonyl (C=O) groups is 1. The molecule has 3 aromatic rings. The molecular formula is C24H22FNOS. The van der Waals surface area contributed by atoms with Gasteiger partial charge in [-0.05, 0) is 35.7 Å². The summed E-state index contributed by atoms with van der Waals surface area (Å²) in [6.07, 6.45) is 0.763. The van der Waals surface area contributed by atoms with Gasteiger partial charge in [0.25, 0.3) is 5.91 Å². The topological polar surface area (TPSA) is 20.3 Å². The Morgan fingerprint density at radius 1 is 0.857 bits per heavy atom. The number of benzene rings is 3. The first kappa shape index (κ1) is 18.8. The molecule has 1 aliphatic rings. The van der Waals surface area contributed by atoms with Gasteiger partial charge in [0.2, 0.25) is 0 Å². The fourth-order valence-electron chi connectivity index (χ4n) is 3.58. The molecule has 0 aliphatic carbocycles. The van der Waals surface area contributed by atoms with Gasteiger partial charge in [0.05, 0.1) is 0 Å². The summed E-state index contributed by atoms with van der Waals surface area (Å²) in [5.74, 6) is 0.706. The lowest BCUT2D eigenvalue weighted by atomic mass is 10.0. The lowest BCUT2D eigenvalue weighted by Gasteiger charge is -2.20. The molecule has 0 aromatic heterocycles. The molecule has 0 saturated carbocycles. The van der Waals surface area contributed by atoms with Crippen molar-refractivity contribution in [2.45, 2.75) is 11.7 Å². The van der Waals surface area contributed by atoms with Crippen LogP contribution in [0.3, 0.4) is 0 Å². The van der Waals surface area contributed by atoms with E-state index in [4.69, 9.17) is 0 Å². The van der Waals surface area contributed by atoms with E-state index in [1.165, 1.54) is 6.07 Å². The summed E-state index contributed by atoms with van der Waals surface area (Å²) in [6.45, 7) is 1.33. The number of thioether (sulfide) groups is 1. The second kappa shape index (κ2) is 8.61. The quantitative estimate of drug-likeness (QED) is 0.561. The van der Waals surface area contributed by atoms with Crippen molar-refractivity contribution >= 4 is 17.7 Å². The van der Waals surface area contributed by atoms with Crippen LogP contribution >= 0.6 is 11.8 Å². The minimum absolute atomic E-state index is 0.0504. The lowest BCUT2D eigenvalue weighted by Crippen LogP contribution is -2.32. The smallest absolute Gasteiger partial charge is 0.253 e. The SMILES string of the molecule is O=C(c1ccc(-c2ccccc2)cc1)N1CCSC(c2ccccc2F)CC1. The molecule has 3 aromatic carbocycles. The van der Waals surface area contributed by atoms with Crippen LogP contribution in [-0.2, 0) is 0 Å². The summed E-state index contributed by atoms with van der Waals surface area (Å²) in [4.78, 5) is 14.8. The van der Waals surface area contributed by atoms with Crippen molar-refractivity contribution in [3.05, 3.63) is 95.8 Å². The van der Waals surface area contributed by atoms with Gasteiger partial charge in [0.15, 0.2) is 0 Å².